The summed E-state index contributed by atoms with van der Waals surface area (Å²) in [6, 6.07) is 13.5. The minimum absolute atomic E-state index is 0.0283. The van der Waals surface area contributed by atoms with Gasteiger partial charge in [-0.1, -0.05) is 17.7 Å². The topological polar surface area (TPSA) is 145 Å². The molecule has 0 aliphatic carbocycles. The van der Waals surface area contributed by atoms with Gasteiger partial charge in [0.2, 0.25) is 0 Å². The van der Waals surface area contributed by atoms with Gasteiger partial charge in [0.05, 0.1) is 28.9 Å². The maximum Gasteiger partial charge on any atom is 0.339 e. The first-order valence-corrected chi connectivity index (χ1v) is 14.8. The molecule has 1 fully saturated rings. The second-order valence-corrected chi connectivity index (χ2v) is 11.2. The second-order valence-electron chi connectivity index (χ2n) is 8.84. The van der Waals surface area contributed by atoms with E-state index < -0.39 is 33.9 Å². The van der Waals surface area contributed by atoms with Crippen LogP contribution in [0, 0.1) is 6.92 Å². The van der Waals surface area contributed by atoms with Gasteiger partial charge in [0, 0.05) is 0 Å². The number of imide groups is 2. The number of aryl methyl sites for hydroxylation is 1. The Kier molecular flexibility index (Phi) is 9.12. The molecule has 1 aliphatic rings. The van der Waals surface area contributed by atoms with Crippen molar-refractivity contribution >= 4 is 61.6 Å². The van der Waals surface area contributed by atoms with Crippen LogP contribution < -0.4 is 19.1 Å². The zero-order valence-corrected chi connectivity index (χ0v) is 25.1. The lowest BCUT2D eigenvalue weighted by Gasteiger charge is -2.26. The summed E-state index contributed by atoms with van der Waals surface area (Å²) < 4.78 is 42.0. The number of carbonyl (C=O) groups is 4. The summed E-state index contributed by atoms with van der Waals surface area (Å²) >= 11 is 3.30. The molecule has 0 radical (unpaired) electrons. The predicted octanol–water partition coefficient (Wildman–Crippen LogP) is 4.77. The molecule has 4 amide bonds. The summed E-state index contributed by atoms with van der Waals surface area (Å²) in [6.45, 7) is 5.50. The molecule has 3 aromatic rings. The van der Waals surface area contributed by atoms with Gasteiger partial charge in [0.1, 0.15) is 10.5 Å². The largest absolute Gasteiger partial charge is 0.490 e. The molecule has 0 unspecified atom stereocenters. The van der Waals surface area contributed by atoms with Gasteiger partial charge in [-0.3, -0.25) is 14.9 Å². The highest BCUT2D eigenvalue weighted by Crippen LogP contribution is 2.39. The fourth-order valence-corrected chi connectivity index (χ4v) is 5.50. The second kappa shape index (κ2) is 12.6. The molecule has 3 aromatic carbocycles. The van der Waals surface area contributed by atoms with Crippen LogP contribution in [0.4, 0.5) is 10.5 Å². The van der Waals surface area contributed by atoms with E-state index in [0.29, 0.717) is 0 Å². The number of ether oxygens (including phenoxy) is 2. The summed E-state index contributed by atoms with van der Waals surface area (Å²) in [5, 5.41) is 2.13. The van der Waals surface area contributed by atoms with Crippen LogP contribution in [-0.2, 0) is 24.4 Å². The monoisotopic (exact) mass is 656 g/mol. The molecule has 4 rings (SSSR count). The maximum atomic E-state index is 13.3. The van der Waals surface area contributed by atoms with E-state index in [1.807, 2.05) is 6.92 Å². The van der Waals surface area contributed by atoms with Crippen molar-refractivity contribution in [3.63, 3.8) is 0 Å². The van der Waals surface area contributed by atoms with Crippen LogP contribution in [-0.4, -0.2) is 45.4 Å². The Hall–Kier alpha value is -4.49. The molecule has 0 bridgehead atoms. The standard InChI is InChI=1S/C29H25BrN2O9S/c1-4-39-24-16-18(15-23(30)25(24)41-42(37,38)21-12-6-17(3)7-13-21)14-22-26(33)31-29(36)32(27(22)34)20-10-8-19(9-11-20)28(35)40-5-2/h6-16H,4-5H2,1-3H3,(H,31,33,36)/b22-14+. The van der Waals surface area contributed by atoms with Gasteiger partial charge in [-0.05, 0) is 96.9 Å². The van der Waals surface area contributed by atoms with Crippen molar-refractivity contribution in [3.05, 3.63) is 87.4 Å². The Labute approximate surface area is 250 Å². The van der Waals surface area contributed by atoms with Crippen LogP contribution in [0.3, 0.4) is 0 Å². The first-order chi connectivity index (χ1) is 19.9. The Balaban J connectivity index is 1.68. The molecule has 0 atom stereocenters. The number of anilines is 1. The maximum absolute atomic E-state index is 13.3. The predicted molar refractivity (Wildman–Crippen MR) is 156 cm³/mol. The van der Waals surface area contributed by atoms with Gasteiger partial charge in [0.25, 0.3) is 11.8 Å². The van der Waals surface area contributed by atoms with E-state index in [9.17, 15) is 27.6 Å². The lowest BCUT2D eigenvalue weighted by molar-refractivity contribution is -0.122. The van der Waals surface area contributed by atoms with E-state index in [-0.39, 0.29) is 56.5 Å². The number of esters is 1. The minimum Gasteiger partial charge on any atom is -0.490 e. The lowest BCUT2D eigenvalue weighted by atomic mass is 10.1. The third-order valence-corrected chi connectivity index (χ3v) is 7.71. The Morgan fingerprint density at radius 3 is 2.26 bits per heavy atom. The van der Waals surface area contributed by atoms with Gasteiger partial charge >= 0.3 is 22.1 Å². The number of carbonyl (C=O) groups excluding carboxylic acids is 4. The lowest BCUT2D eigenvalue weighted by Crippen LogP contribution is -2.54. The van der Waals surface area contributed by atoms with Crippen LogP contribution in [0.5, 0.6) is 11.5 Å². The quantitative estimate of drug-likeness (QED) is 0.149. The Morgan fingerprint density at radius 1 is 0.976 bits per heavy atom. The Morgan fingerprint density at radius 2 is 1.64 bits per heavy atom. The van der Waals surface area contributed by atoms with Crippen molar-refractivity contribution in [2.45, 2.75) is 25.7 Å². The molecule has 11 nitrogen and oxygen atoms in total. The SMILES string of the molecule is CCOC(=O)c1ccc(N2C(=O)NC(=O)/C(=C\c3cc(Br)c(OS(=O)(=O)c4ccc(C)cc4)c(OCC)c3)C2=O)cc1. The molecule has 13 heteroatoms. The first kappa shape index (κ1) is 30.5. The molecule has 1 N–H and O–H groups in total. The van der Waals surface area contributed by atoms with Gasteiger partial charge in [0.15, 0.2) is 11.5 Å². The van der Waals surface area contributed by atoms with Crippen molar-refractivity contribution in [1.82, 2.24) is 5.32 Å². The number of benzene rings is 3. The van der Waals surface area contributed by atoms with Gasteiger partial charge in [-0.15, -0.1) is 0 Å². The van der Waals surface area contributed by atoms with Crippen molar-refractivity contribution < 1.29 is 41.3 Å². The molecular weight excluding hydrogens is 632 g/mol. The normalized spacial score (nSPS) is 14.5. The van der Waals surface area contributed by atoms with Crippen LogP contribution in [0.25, 0.3) is 6.08 Å². The molecule has 1 aliphatic heterocycles. The van der Waals surface area contributed by atoms with E-state index in [1.54, 1.807) is 26.0 Å². The van der Waals surface area contributed by atoms with Crippen LogP contribution in [0.2, 0.25) is 0 Å². The molecule has 0 spiro atoms. The van der Waals surface area contributed by atoms with Crippen molar-refractivity contribution in [3.8, 4) is 11.5 Å². The number of rotatable bonds is 9. The number of barbiturate groups is 1. The smallest absolute Gasteiger partial charge is 0.339 e. The summed E-state index contributed by atoms with van der Waals surface area (Å²) in [6.07, 6.45) is 1.23. The highest BCUT2D eigenvalue weighted by atomic mass is 79.9. The van der Waals surface area contributed by atoms with E-state index in [0.717, 1.165) is 10.5 Å². The molecule has 1 heterocycles. The highest BCUT2D eigenvalue weighted by molar-refractivity contribution is 9.10. The number of hydrogen-bond donors (Lipinski definition) is 1. The first-order valence-electron chi connectivity index (χ1n) is 12.6. The molecular formula is C29H25BrN2O9S. The van der Waals surface area contributed by atoms with Gasteiger partial charge in [-0.2, -0.15) is 8.42 Å². The van der Waals surface area contributed by atoms with Gasteiger partial charge in [-0.25, -0.2) is 14.5 Å². The fraction of sp³-hybridized carbons (Fsp3) is 0.172. The zero-order valence-electron chi connectivity index (χ0n) is 22.7. The summed E-state index contributed by atoms with van der Waals surface area (Å²) in [4.78, 5) is 51.3. The van der Waals surface area contributed by atoms with E-state index in [2.05, 4.69) is 21.2 Å². The molecule has 42 heavy (non-hydrogen) atoms. The minimum atomic E-state index is -4.22. The molecule has 0 saturated carbocycles. The van der Waals surface area contributed by atoms with Crippen LogP contribution >= 0.6 is 15.9 Å². The van der Waals surface area contributed by atoms with Crippen molar-refractivity contribution in [1.29, 1.82) is 0 Å². The van der Waals surface area contributed by atoms with Gasteiger partial charge < -0.3 is 13.7 Å². The third kappa shape index (κ3) is 6.52. The Bertz CT molecular complexity index is 1700. The average Bonchev–Trinajstić information content (AvgIpc) is 2.94. The third-order valence-electron chi connectivity index (χ3n) is 5.88. The number of hydrogen-bond acceptors (Lipinski definition) is 9. The number of urea groups is 1. The van der Waals surface area contributed by atoms with Crippen molar-refractivity contribution in [2.24, 2.45) is 0 Å². The van der Waals surface area contributed by atoms with E-state index in [1.165, 1.54) is 54.6 Å². The summed E-state index contributed by atoms with van der Waals surface area (Å²) in [7, 11) is -4.22. The number of amides is 4. The number of nitrogens with zero attached hydrogens (tertiary/aromatic N) is 1. The molecule has 218 valence electrons. The average molecular weight is 657 g/mol. The molecule has 1 saturated heterocycles. The van der Waals surface area contributed by atoms with E-state index >= 15 is 0 Å². The highest BCUT2D eigenvalue weighted by Gasteiger charge is 2.37. The molecule has 0 aromatic heterocycles. The van der Waals surface area contributed by atoms with Crippen molar-refractivity contribution in [2.75, 3.05) is 18.1 Å². The summed E-state index contributed by atoms with van der Waals surface area (Å²) in [5.41, 5.74) is 1.11. The summed E-state index contributed by atoms with van der Waals surface area (Å²) in [5.74, 6) is -2.51. The number of halogens is 1. The number of nitrogens with one attached hydrogen (secondary N) is 1. The fourth-order valence-electron chi connectivity index (χ4n) is 3.90. The van der Waals surface area contributed by atoms with Crippen LogP contribution in [0.15, 0.2) is 75.6 Å². The zero-order chi connectivity index (χ0) is 30.6. The van der Waals surface area contributed by atoms with Crippen LogP contribution in [0.1, 0.15) is 35.3 Å². The van der Waals surface area contributed by atoms with E-state index in [4.69, 9.17) is 13.7 Å².